The molecule has 0 atom stereocenters. The van der Waals surface area contributed by atoms with E-state index in [9.17, 15) is 13.6 Å². The fourth-order valence-electron chi connectivity index (χ4n) is 3.38. The molecule has 2 N–H and O–H groups in total. The summed E-state index contributed by atoms with van der Waals surface area (Å²) in [6.07, 6.45) is 1.94. The summed E-state index contributed by atoms with van der Waals surface area (Å²) in [5.74, 6) is -0.928. The molecule has 0 aliphatic heterocycles. The number of amides is 1. The molecule has 1 aromatic heterocycles. The van der Waals surface area contributed by atoms with Crippen LogP contribution in [0.5, 0.6) is 0 Å². The van der Waals surface area contributed by atoms with Crippen LogP contribution in [0.3, 0.4) is 0 Å². The van der Waals surface area contributed by atoms with Crippen molar-refractivity contribution >= 4 is 11.9 Å². The Hall–Kier alpha value is -4.13. The minimum atomic E-state index is -0.487. The van der Waals surface area contributed by atoms with E-state index in [1.54, 1.807) is 24.3 Å². The van der Waals surface area contributed by atoms with Crippen LogP contribution in [0.2, 0.25) is 0 Å². The lowest BCUT2D eigenvalue weighted by molar-refractivity contribution is 0.0951. The molecule has 7 heteroatoms. The molecule has 0 aliphatic rings. The number of hydrogen-bond donors (Lipinski definition) is 2. The van der Waals surface area contributed by atoms with E-state index in [2.05, 4.69) is 20.6 Å². The average Bonchev–Trinajstić information content (AvgIpc) is 2.83. The maximum atomic E-state index is 14.6. The lowest BCUT2D eigenvalue weighted by Crippen LogP contribution is -2.24. The minimum absolute atomic E-state index is 0.173. The number of aromatic nitrogens is 2. The van der Waals surface area contributed by atoms with Gasteiger partial charge in [0.1, 0.15) is 11.6 Å². The van der Waals surface area contributed by atoms with Crippen molar-refractivity contribution in [2.45, 2.75) is 13.0 Å². The highest BCUT2D eigenvalue weighted by molar-refractivity contribution is 5.99. The molecule has 1 heterocycles. The lowest BCUT2D eigenvalue weighted by atomic mass is 10.1. The van der Waals surface area contributed by atoms with Gasteiger partial charge in [-0.15, -0.1) is 0 Å². The van der Waals surface area contributed by atoms with Gasteiger partial charge in [-0.25, -0.2) is 18.7 Å². The van der Waals surface area contributed by atoms with Gasteiger partial charge in [0.15, 0.2) is 0 Å². The van der Waals surface area contributed by atoms with Crippen molar-refractivity contribution in [2.75, 3.05) is 11.9 Å². The maximum Gasteiger partial charge on any atom is 0.255 e. The van der Waals surface area contributed by atoms with Gasteiger partial charge < -0.3 is 10.6 Å². The number of carbonyl (C=O) groups excluding carboxylic acids is 1. The zero-order chi connectivity index (χ0) is 23.0. The second-order valence-corrected chi connectivity index (χ2v) is 7.41. The molecule has 0 fully saturated rings. The van der Waals surface area contributed by atoms with E-state index in [0.29, 0.717) is 19.5 Å². The topological polar surface area (TPSA) is 66.9 Å². The highest BCUT2D eigenvalue weighted by atomic mass is 19.1. The molecule has 0 aliphatic carbocycles. The largest absolute Gasteiger partial charge is 0.354 e. The van der Waals surface area contributed by atoms with Gasteiger partial charge >= 0.3 is 0 Å². The van der Waals surface area contributed by atoms with Crippen LogP contribution in [-0.4, -0.2) is 22.4 Å². The van der Waals surface area contributed by atoms with E-state index in [-0.39, 0.29) is 28.6 Å². The maximum absolute atomic E-state index is 14.6. The Kier molecular flexibility index (Phi) is 6.99. The van der Waals surface area contributed by atoms with Crippen LogP contribution in [0.4, 0.5) is 14.7 Å². The molecule has 4 rings (SSSR count). The number of hydrogen-bond acceptors (Lipinski definition) is 4. The monoisotopic (exact) mass is 444 g/mol. The van der Waals surface area contributed by atoms with Gasteiger partial charge in [0, 0.05) is 24.8 Å². The van der Waals surface area contributed by atoms with E-state index in [1.165, 1.54) is 24.4 Å². The Bertz CT molecular complexity index is 1250. The molecule has 0 saturated heterocycles. The molecule has 0 spiro atoms. The third-order valence-corrected chi connectivity index (χ3v) is 5.04. The number of nitrogens with zero attached hydrogens (tertiary/aromatic N) is 2. The Morgan fingerprint density at radius 3 is 2.42 bits per heavy atom. The average molecular weight is 444 g/mol. The van der Waals surface area contributed by atoms with Gasteiger partial charge in [-0.2, -0.15) is 0 Å². The molecule has 0 unspecified atom stereocenters. The predicted octanol–water partition coefficient (Wildman–Crippen LogP) is 5.01. The number of halogens is 2. The Balaban J connectivity index is 1.54. The predicted molar refractivity (Wildman–Crippen MR) is 124 cm³/mol. The van der Waals surface area contributed by atoms with Crippen molar-refractivity contribution < 1.29 is 13.6 Å². The first-order valence-corrected chi connectivity index (χ1v) is 10.5. The van der Waals surface area contributed by atoms with E-state index < -0.39 is 11.7 Å². The summed E-state index contributed by atoms with van der Waals surface area (Å²) in [4.78, 5) is 21.6. The van der Waals surface area contributed by atoms with Crippen LogP contribution in [0, 0.1) is 11.6 Å². The summed E-state index contributed by atoms with van der Waals surface area (Å²) < 4.78 is 27.9. The van der Waals surface area contributed by atoms with E-state index in [1.807, 2.05) is 36.4 Å². The van der Waals surface area contributed by atoms with Gasteiger partial charge in [-0.1, -0.05) is 54.6 Å². The molecule has 33 heavy (non-hydrogen) atoms. The van der Waals surface area contributed by atoms with Crippen LogP contribution in [0.15, 0.2) is 85.1 Å². The van der Waals surface area contributed by atoms with Crippen molar-refractivity contribution in [1.82, 2.24) is 15.3 Å². The molecule has 0 radical (unpaired) electrons. The fourth-order valence-corrected chi connectivity index (χ4v) is 3.38. The molecule has 0 saturated carbocycles. The molecule has 4 aromatic rings. The van der Waals surface area contributed by atoms with Crippen LogP contribution in [0.25, 0.3) is 11.3 Å². The number of anilines is 1. The molecular weight excluding hydrogens is 422 g/mol. The first-order chi connectivity index (χ1) is 16.1. The molecule has 3 aromatic carbocycles. The second kappa shape index (κ2) is 10.5. The number of nitrogens with one attached hydrogen (secondary N) is 2. The quantitative estimate of drug-likeness (QED) is 0.401. The third-order valence-electron chi connectivity index (χ3n) is 5.04. The van der Waals surface area contributed by atoms with E-state index in [4.69, 9.17) is 0 Å². The summed E-state index contributed by atoms with van der Waals surface area (Å²) in [7, 11) is 0. The zero-order valence-electron chi connectivity index (χ0n) is 17.8. The van der Waals surface area contributed by atoms with Crippen molar-refractivity contribution in [3.63, 3.8) is 0 Å². The van der Waals surface area contributed by atoms with Crippen molar-refractivity contribution in [2.24, 2.45) is 0 Å². The molecule has 166 valence electrons. The SMILES string of the molecule is O=C(NCc1ccccc1)c1cnc(NCCc2cccc(F)c2)nc1-c1ccccc1F. The van der Waals surface area contributed by atoms with Crippen LogP contribution < -0.4 is 10.6 Å². The van der Waals surface area contributed by atoms with E-state index in [0.717, 1.165) is 11.1 Å². The Morgan fingerprint density at radius 1 is 0.879 bits per heavy atom. The van der Waals surface area contributed by atoms with Crippen LogP contribution >= 0.6 is 0 Å². The molecule has 1 amide bonds. The van der Waals surface area contributed by atoms with E-state index >= 15 is 0 Å². The van der Waals surface area contributed by atoms with Crippen molar-refractivity contribution in [3.8, 4) is 11.3 Å². The summed E-state index contributed by atoms with van der Waals surface area (Å²) >= 11 is 0. The minimum Gasteiger partial charge on any atom is -0.354 e. The number of carbonyl (C=O) groups is 1. The smallest absolute Gasteiger partial charge is 0.255 e. The lowest BCUT2D eigenvalue weighted by Gasteiger charge is -2.13. The van der Waals surface area contributed by atoms with Gasteiger partial charge in [-0.3, -0.25) is 4.79 Å². The summed E-state index contributed by atoms with van der Waals surface area (Å²) in [5.41, 5.74) is 2.34. The van der Waals surface area contributed by atoms with Gasteiger partial charge in [0.2, 0.25) is 5.95 Å². The van der Waals surface area contributed by atoms with Gasteiger partial charge in [-0.05, 0) is 41.8 Å². The molecule has 5 nitrogen and oxygen atoms in total. The Morgan fingerprint density at radius 2 is 1.64 bits per heavy atom. The van der Waals surface area contributed by atoms with Crippen molar-refractivity contribution in [3.05, 3.63) is 113 Å². The summed E-state index contributed by atoms with van der Waals surface area (Å²) in [6.45, 7) is 0.768. The number of rotatable bonds is 8. The van der Waals surface area contributed by atoms with Crippen molar-refractivity contribution in [1.29, 1.82) is 0 Å². The first-order valence-electron chi connectivity index (χ1n) is 10.5. The standard InChI is InChI=1S/C26H22F2N4O/c27-20-10-6-9-18(15-20)13-14-29-26-31-17-22(24(32-26)21-11-4-5-12-23(21)28)25(33)30-16-19-7-2-1-3-8-19/h1-12,15,17H,13-14,16H2,(H,30,33)(H,29,31,32). The summed E-state index contributed by atoms with van der Waals surface area (Å²) in [6, 6.07) is 22.0. The fraction of sp³-hybridized carbons (Fsp3) is 0.115. The first kappa shape index (κ1) is 22.1. The molecule has 0 bridgehead atoms. The zero-order valence-corrected chi connectivity index (χ0v) is 17.8. The van der Waals surface area contributed by atoms with Gasteiger partial charge in [0.05, 0.1) is 11.3 Å². The highest BCUT2D eigenvalue weighted by Crippen LogP contribution is 2.25. The normalized spacial score (nSPS) is 10.6. The highest BCUT2D eigenvalue weighted by Gasteiger charge is 2.18. The second-order valence-electron chi connectivity index (χ2n) is 7.41. The Labute approximate surface area is 190 Å². The van der Waals surface area contributed by atoms with Crippen LogP contribution in [-0.2, 0) is 13.0 Å². The van der Waals surface area contributed by atoms with Crippen LogP contribution in [0.1, 0.15) is 21.5 Å². The summed E-state index contributed by atoms with van der Waals surface area (Å²) in [5, 5.41) is 5.90. The third kappa shape index (κ3) is 5.77. The number of benzene rings is 3. The van der Waals surface area contributed by atoms with Gasteiger partial charge in [0.25, 0.3) is 5.91 Å². The molecular formula is C26H22F2N4O.